The molecular weight excluding hydrogens is 252 g/mol. The zero-order chi connectivity index (χ0) is 14.2. The maximum atomic E-state index is 5.95. The summed E-state index contributed by atoms with van der Waals surface area (Å²) < 4.78 is 3.04. The van der Waals surface area contributed by atoms with Crippen molar-refractivity contribution in [3.05, 3.63) is 0 Å². The number of hydrogen-bond donors (Lipinski definition) is 1. The van der Waals surface area contributed by atoms with E-state index in [1.807, 2.05) is 0 Å². The quantitative estimate of drug-likeness (QED) is 0.609. The lowest BCUT2D eigenvalue weighted by Gasteiger charge is -2.52. The van der Waals surface area contributed by atoms with Crippen LogP contribution in [0.5, 0.6) is 0 Å². The third kappa shape index (κ3) is 3.47. The molecule has 0 aliphatic heterocycles. The van der Waals surface area contributed by atoms with E-state index in [0.29, 0.717) is 0 Å². The van der Waals surface area contributed by atoms with Crippen molar-refractivity contribution < 1.29 is 0 Å². The van der Waals surface area contributed by atoms with Crippen molar-refractivity contribution >= 4 is 16.5 Å². The first-order valence-electron chi connectivity index (χ1n) is 8.04. The minimum Gasteiger partial charge on any atom is -0.344 e. The molecule has 0 radical (unpaired) electrons. The summed E-state index contributed by atoms with van der Waals surface area (Å²) >= 11 is 0. The molecule has 110 valence electrons. The summed E-state index contributed by atoms with van der Waals surface area (Å²) in [6.07, 6.45) is 0. The predicted molar refractivity (Wildman–Crippen MR) is 90.2 cm³/mol. The predicted octanol–water partition coefficient (Wildman–Crippen LogP) is 4.26. The van der Waals surface area contributed by atoms with Crippen molar-refractivity contribution in [1.82, 2.24) is 4.23 Å². The Bertz CT molecular complexity index is 177. The van der Waals surface area contributed by atoms with Gasteiger partial charge in [-0.15, -0.1) is 0 Å². The van der Waals surface area contributed by atoms with Gasteiger partial charge >= 0.3 is 0 Å². The van der Waals surface area contributed by atoms with Crippen molar-refractivity contribution in [2.24, 2.45) is 5.73 Å². The smallest absolute Gasteiger partial charge is 0.121 e. The summed E-state index contributed by atoms with van der Waals surface area (Å²) in [6, 6.07) is 8.39. The molecule has 0 aromatic carbocycles. The van der Waals surface area contributed by atoms with E-state index in [2.05, 4.69) is 45.8 Å². The maximum Gasteiger partial charge on any atom is 0.121 e. The fraction of sp³-hybridized carbons (Fsp3) is 1.00. The monoisotopic (exact) mass is 288 g/mol. The molecule has 0 spiro atoms. The van der Waals surface area contributed by atoms with E-state index < -0.39 is 16.5 Å². The van der Waals surface area contributed by atoms with Gasteiger partial charge in [-0.3, -0.25) is 0 Å². The molecule has 0 heterocycles. The van der Waals surface area contributed by atoms with E-state index in [1.54, 1.807) is 0 Å². The number of hydrogen-bond acceptors (Lipinski definition) is 2. The van der Waals surface area contributed by atoms with Gasteiger partial charge in [-0.2, -0.15) is 0 Å². The summed E-state index contributed by atoms with van der Waals surface area (Å²) in [6.45, 7) is 16.5. The Hall–Kier alpha value is 0.354. The summed E-state index contributed by atoms with van der Waals surface area (Å²) in [7, 11) is -2.50. The first-order valence-corrected chi connectivity index (χ1v) is 13.2. The molecule has 0 rings (SSSR count). The molecule has 0 aliphatic carbocycles. The standard InChI is InChI=1S/C14H36N2Si2/c1-7-17(8-2,9-3)16(14-13-15)18(10-4,11-5)12-6/h7-15H2,1-6H3. The van der Waals surface area contributed by atoms with Gasteiger partial charge in [-0.25, -0.2) is 0 Å². The van der Waals surface area contributed by atoms with Gasteiger partial charge in [0.05, 0.1) is 0 Å². The zero-order valence-corrected chi connectivity index (χ0v) is 15.7. The fourth-order valence-corrected chi connectivity index (χ4v) is 17.1. The van der Waals surface area contributed by atoms with Crippen molar-refractivity contribution in [2.45, 2.75) is 77.8 Å². The van der Waals surface area contributed by atoms with Crippen LogP contribution in [0.2, 0.25) is 36.3 Å². The molecule has 0 saturated heterocycles. The van der Waals surface area contributed by atoms with Gasteiger partial charge in [0, 0.05) is 6.54 Å². The van der Waals surface area contributed by atoms with Crippen LogP contribution in [0.15, 0.2) is 0 Å². The van der Waals surface area contributed by atoms with Gasteiger partial charge in [0.25, 0.3) is 0 Å². The molecule has 0 aromatic rings. The van der Waals surface area contributed by atoms with Crippen LogP contribution >= 0.6 is 0 Å². The average molecular weight is 289 g/mol. The Morgan fingerprint density at radius 2 is 0.944 bits per heavy atom. The third-order valence-electron chi connectivity index (χ3n) is 5.45. The Labute approximate surface area is 118 Å². The zero-order valence-electron chi connectivity index (χ0n) is 13.7. The van der Waals surface area contributed by atoms with Gasteiger partial charge in [0.1, 0.15) is 16.5 Å². The van der Waals surface area contributed by atoms with E-state index >= 15 is 0 Å². The first-order chi connectivity index (χ1) is 8.56. The molecule has 2 N–H and O–H groups in total. The SMILES string of the molecule is CC[Si](CC)(CC)N(CCN)[Si](CC)(CC)CC. The second-order valence-electron chi connectivity index (χ2n) is 5.51. The Balaban J connectivity index is 5.49. The highest BCUT2D eigenvalue weighted by molar-refractivity contribution is 6.92. The molecule has 2 nitrogen and oxygen atoms in total. The van der Waals surface area contributed by atoms with Crippen LogP contribution in [-0.2, 0) is 0 Å². The van der Waals surface area contributed by atoms with Crippen LogP contribution in [0.25, 0.3) is 0 Å². The van der Waals surface area contributed by atoms with Crippen LogP contribution in [0.1, 0.15) is 41.5 Å². The first kappa shape index (κ1) is 18.4. The third-order valence-corrected chi connectivity index (χ3v) is 18.9. The van der Waals surface area contributed by atoms with Crippen LogP contribution in [-0.4, -0.2) is 33.8 Å². The summed E-state index contributed by atoms with van der Waals surface area (Å²) in [5.74, 6) is 0. The number of rotatable bonds is 10. The van der Waals surface area contributed by atoms with Crippen LogP contribution in [0, 0.1) is 0 Å². The number of nitrogens with two attached hydrogens (primary N) is 1. The normalized spacial score (nSPS) is 13.3. The lowest BCUT2D eigenvalue weighted by molar-refractivity contribution is 0.582. The lowest BCUT2D eigenvalue weighted by Crippen LogP contribution is -2.66. The van der Waals surface area contributed by atoms with Gasteiger partial charge in [-0.1, -0.05) is 41.5 Å². The van der Waals surface area contributed by atoms with Gasteiger partial charge in [0.15, 0.2) is 0 Å². The molecule has 0 amide bonds. The summed E-state index contributed by atoms with van der Waals surface area (Å²) in [5, 5.41) is 0. The largest absolute Gasteiger partial charge is 0.344 e. The Morgan fingerprint density at radius 1 is 0.667 bits per heavy atom. The molecule has 0 saturated carbocycles. The Morgan fingerprint density at radius 3 is 1.11 bits per heavy atom. The van der Waals surface area contributed by atoms with Gasteiger partial charge in [0.2, 0.25) is 0 Å². The van der Waals surface area contributed by atoms with Crippen LogP contribution in [0.3, 0.4) is 0 Å². The Kier molecular flexibility index (Phi) is 8.68. The molecule has 0 atom stereocenters. The van der Waals surface area contributed by atoms with E-state index in [0.717, 1.165) is 13.1 Å². The summed E-state index contributed by atoms with van der Waals surface area (Å²) in [5.41, 5.74) is 5.95. The van der Waals surface area contributed by atoms with E-state index in [1.165, 1.54) is 36.3 Å². The minimum atomic E-state index is -1.25. The molecule has 0 unspecified atom stereocenters. The highest BCUT2D eigenvalue weighted by atomic mass is 28.4. The molecule has 0 aliphatic rings. The fourth-order valence-electron chi connectivity index (χ4n) is 3.75. The lowest BCUT2D eigenvalue weighted by atomic mass is 10.7. The minimum absolute atomic E-state index is 0.837. The van der Waals surface area contributed by atoms with Crippen molar-refractivity contribution in [1.29, 1.82) is 0 Å². The molecule has 0 aromatic heterocycles. The summed E-state index contributed by atoms with van der Waals surface area (Å²) in [4.78, 5) is 0. The second-order valence-corrected chi connectivity index (χ2v) is 16.2. The van der Waals surface area contributed by atoms with E-state index in [4.69, 9.17) is 5.73 Å². The van der Waals surface area contributed by atoms with Crippen molar-refractivity contribution in [3.8, 4) is 0 Å². The van der Waals surface area contributed by atoms with E-state index in [9.17, 15) is 0 Å². The second kappa shape index (κ2) is 8.51. The van der Waals surface area contributed by atoms with Crippen molar-refractivity contribution in [2.75, 3.05) is 13.1 Å². The molecule has 0 fully saturated rings. The molecular formula is C14H36N2Si2. The van der Waals surface area contributed by atoms with Crippen LogP contribution < -0.4 is 5.73 Å². The molecule has 18 heavy (non-hydrogen) atoms. The van der Waals surface area contributed by atoms with Crippen molar-refractivity contribution in [3.63, 3.8) is 0 Å². The highest BCUT2D eigenvalue weighted by Gasteiger charge is 2.45. The maximum absolute atomic E-state index is 5.95. The number of nitrogens with zero attached hydrogens (tertiary/aromatic N) is 1. The molecule has 0 bridgehead atoms. The molecule has 4 heteroatoms. The van der Waals surface area contributed by atoms with Crippen LogP contribution in [0.4, 0.5) is 0 Å². The average Bonchev–Trinajstić information content (AvgIpc) is 2.44. The topological polar surface area (TPSA) is 29.3 Å². The van der Waals surface area contributed by atoms with Gasteiger partial charge in [-0.05, 0) is 42.8 Å². The van der Waals surface area contributed by atoms with E-state index in [-0.39, 0.29) is 0 Å². The van der Waals surface area contributed by atoms with Gasteiger partial charge < -0.3 is 9.96 Å². The highest BCUT2D eigenvalue weighted by Crippen LogP contribution is 2.35.